The average Bonchev–Trinajstić information content (AvgIpc) is 3.10. The van der Waals surface area contributed by atoms with Crippen molar-refractivity contribution < 1.29 is 4.92 Å². The maximum atomic E-state index is 13.0. The Morgan fingerprint density at radius 3 is 2.58 bits per heavy atom. The molecule has 0 aliphatic carbocycles. The summed E-state index contributed by atoms with van der Waals surface area (Å²) in [5.41, 5.74) is 1.30. The summed E-state index contributed by atoms with van der Waals surface area (Å²) in [7, 11) is 0. The molecule has 8 nitrogen and oxygen atoms in total. The van der Waals surface area contributed by atoms with E-state index >= 15 is 0 Å². The zero-order chi connectivity index (χ0) is 18.3. The molecular weight excluding hydrogens is 354 g/mol. The molecule has 2 aromatic heterocycles. The summed E-state index contributed by atoms with van der Waals surface area (Å²) in [4.78, 5) is 27.8. The summed E-state index contributed by atoms with van der Waals surface area (Å²) in [6, 6.07) is 13.4. The fourth-order valence-corrected chi connectivity index (χ4v) is 3.17. The number of fused-ring (bicyclic) bond motifs is 3. The van der Waals surface area contributed by atoms with Gasteiger partial charge in [0.15, 0.2) is 0 Å². The SMILES string of the molecule is CSc1nc2n(Cc3ccc([N+](=O)[O-])cc3)c(=O)c3ccccc3n2n1. The van der Waals surface area contributed by atoms with E-state index in [9.17, 15) is 14.9 Å². The maximum Gasteiger partial charge on any atom is 0.269 e. The van der Waals surface area contributed by atoms with Crippen LogP contribution in [0.15, 0.2) is 58.5 Å². The van der Waals surface area contributed by atoms with Gasteiger partial charge in [-0.05, 0) is 24.0 Å². The van der Waals surface area contributed by atoms with Crippen LogP contribution in [0.3, 0.4) is 0 Å². The Morgan fingerprint density at radius 1 is 1.15 bits per heavy atom. The fraction of sp³-hybridized carbons (Fsp3) is 0.118. The number of thioether (sulfide) groups is 1. The maximum absolute atomic E-state index is 13.0. The van der Waals surface area contributed by atoms with Crippen LogP contribution >= 0.6 is 11.8 Å². The first-order valence-corrected chi connectivity index (χ1v) is 8.96. The van der Waals surface area contributed by atoms with E-state index in [1.54, 1.807) is 28.8 Å². The quantitative estimate of drug-likeness (QED) is 0.313. The van der Waals surface area contributed by atoms with Gasteiger partial charge >= 0.3 is 0 Å². The van der Waals surface area contributed by atoms with Crippen LogP contribution in [0.4, 0.5) is 5.69 Å². The Balaban J connectivity index is 1.92. The minimum Gasteiger partial charge on any atom is -0.272 e. The average molecular weight is 367 g/mol. The molecule has 130 valence electrons. The van der Waals surface area contributed by atoms with E-state index in [4.69, 9.17) is 0 Å². The molecule has 0 radical (unpaired) electrons. The third-order valence-electron chi connectivity index (χ3n) is 4.09. The van der Waals surface area contributed by atoms with Gasteiger partial charge in [-0.1, -0.05) is 36.0 Å². The van der Waals surface area contributed by atoms with Crippen molar-refractivity contribution in [3.8, 4) is 0 Å². The van der Waals surface area contributed by atoms with Crippen LogP contribution in [0, 0.1) is 10.1 Å². The molecule has 2 aromatic carbocycles. The summed E-state index contributed by atoms with van der Waals surface area (Å²) in [6.45, 7) is 0.248. The molecule has 0 unspecified atom stereocenters. The molecule has 0 fully saturated rings. The van der Waals surface area contributed by atoms with E-state index < -0.39 is 4.92 Å². The Hall–Kier alpha value is -3.20. The molecule has 26 heavy (non-hydrogen) atoms. The van der Waals surface area contributed by atoms with Crippen LogP contribution < -0.4 is 5.56 Å². The van der Waals surface area contributed by atoms with Crippen molar-refractivity contribution in [1.82, 2.24) is 19.2 Å². The topological polar surface area (TPSA) is 95.3 Å². The highest BCUT2D eigenvalue weighted by Crippen LogP contribution is 2.18. The van der Waals surface area contributed by atoms with Gasteiger partial charge < -0.3 is 0 Å². The molecule has 4 rings (SSSR count). The summed E-state index contributed by atoms with van der Waals surface area (Å²) >= 11 is 1.40. The second-order valence-electron chi connectivity index (χ2n) is 5.64. The first-order valence-electron chi connectivity index (χ1n) is 7.74. The van der Waals surface area contributed by atoms with Gasteiger partial charge in [0.25, 0.3) is 11.2 Å². The molecular formula is C17H13N5O3S. The third-order valence-corrected chi connectivity index (χ3v) is 4.63. The zero-order valence-electron chi connectivity index (χ0n) is 13.7. The van der Waals surface area contributed by atoms with Crippen LogP contribution in [-0.2, 0) is 6.54 Å². The number of nitro benzene ring substituents is 1. The van der Waals surface area contributed by atoms with Crippen molar-refractivity contribution in [2.24, 2.45) is 0 Å². The van der Waals surface area contributed by atoms with Gasteiger partial charge in [-0.25, -0.2) is 0 Å². The van der Waals surface area contributed by atoms with Gasteiger partial charge in [-0.3, -0.25) is 19.5 Å². The van der Waals surface area contributed by atoms with Crippen molar-refractivity contribution in [3.63, 3.8) is 0 Å². The van der Waals surface area contributed by atoms with Crippen LogP contribution in [0.1, 0.15) is 5.56 Å². The molecule has 0 amide bonds. The van der Waals surface area contributed by atoms with E-state index in [1.807, 2.05) is 18.4 Å². The van der Waals surface area contributed by atoms with Crippen molar-refractivity contribution >= 4 is 34.1 Å². The van der Waals surface area contributed by atoms with Crippen molar-refractivity contribution in [2.45, 2.75) is 11.7 Å². The molecule has 9 heteroatoms. The van der Waals surface area contributed by atoms with Crippen LogP contribution in [0.2, 0.25) is 0 Å². The first kappa shape index (κ1) is 16.3. The van der Waals surface area contributed by atoms with Gasteiger partial charge in [0.1, 0.15) is 0 Å². The van der Waals surface area contributed by atoms with Gasteiger partial charge in [0, 0.05) is 12.1 Å². The number of nitrogens with zero attached hydrogens (tertiary/aromatic N) is 5. The second kappa shape index (κ2) is 6.26. The Labute approximate surface area is 151 Å². The smallest absolute Gasteiger partial charge is 0.269 e. The van der Waals surface area contributed by atoms with Gasteiger partial charge in [0.05, 0.1) is 22.4 Å². The number of benzene rings is 2. The van der Waals surface area contributed by atoms with E-state index in [1.165, 1.54) is 28.5 Å². The lowest BCUT2D eigenvalue weighted by Gasteiger charge is -2.09. The summed E-state index contributed by atoms with van der Waals surface area (Å²) in [6.07, 6.45) is 1.87. The van der Waals surface area contributed by atoms with Crippen LogP contribution in [0.5, 0.6) is 0 Å². The van der Waals surface area contributed by atoms with Gasteiger partial charge in [-0.15, -0.1) is 5.10 Å². The van der Waals surface area contributed by atoms with Crippen molar-refractivity contribution in [3.05, 3.63) is 74.6 Å². The molecule has 4 aromatic rings. The number of aromatic nitrogens is 4. The number of para-hydroxylation sites is 1. The van der Waals surface area contributed by atoms with Crippen molar-refractivity contribution in [1.29, 1.82) is 0 Å². The summed E-state index contributed by atoms with van der Waals surface area (Å²) in [5, 5.41) is 16.4. The van der Waals surface area contributed by atoms with Crippen LogP contribution in [0.25, 0.3) is 16.7 Å². The number of hydrogen-bond acceptors (Lipinski definition) is 6. The number of non-ortho nitro benzene ring substituents is 1. The first-order chi connectivity index (χ1) is 12.6. The predicted octanol–water partition coefficient (Wildman–Crippen LogP) is 2.72. The van der Waals surface area contributed by atoms with Gasteiger partial charge in [-0.2, -0.15) is 9.50 Å². The fourth-order valence-electron chi connectivity index (χ4n) is 2.83. The lowest BCUT2D eigenvalue weighted by atomic mass is 10.2. The predicted molar refractivity (Wildman–Crippen MR) is 98.7 cm³/mol. The highest BCUT2D eigenvalue weighted by Gasteiger charge is 2.15. The van der Waals surface area contributed by atoms with Crippen LogP contribution in [-0.4, -0.2) is 30.3 Å². The molecule has 0 N–H and O–H groups in total. The molecule has 2 heterocycles. The number of rotatable bonds is 4. The van der Waals surface area contributed by atoms with E-state index in [2.05, 4.69) is 10.1 Å². The standard InChI is InChI=1S/C17H13N5O3S/c1-26-16-18-17-20(10-11-6-8-12(9-7-11)22(24)25)15(23)13-4-2-3-5-14(13)21(17)19-16/h2-9H,10H2,1H3. The lowest BCUT2D eigenvalue weighted by Crippen LogP contribution is -2.24. The molecule has 0 spiro atoms. The summed E-state index contributed by atoms with van der Waals surface area (Å²) in [5.74, 6) is 0.441. The normalized spacial score (nSPS) is 11.3. The minimum atomic E-state index is -0.451. The molecule has 0 aliphatic heterocycles. The Bertz CT molecular complexity index is 1200. The summed E-state index contributed by atoms with van der Waals surface area (Å²) < 4.78 is 3.20. The number of nitro groups is 1. The van der Waals surface area contributed by atoms with E-state index in [0.717, 1.165) is 5.56 Å². The molecule has 0 saturated carbocycles. The molecule has 0 aliphatic rings. The highest BCUT2D eigenvalue weighted by atomic mass is 32.2. The van der Waals surface area contributed by atoms with E-state index in [0.29, 0.717) is 21.8 Å². The van der Waals surface area contributed by atoms with E-state index in [-0.39, 0.29) is 17.8 Å². The monoisotopic (exact) mass is 367 g/mol. The van der Waals surface area contributed by atoms with Gasteiger partial charge in [0.2, 0.25) is 10.9 Å². The zero-order valence-corrected chi connectivity index (χ0v) is 14.5. The molecule has 0 atom stereocenters. The third kappa shape index (κ3) is 2.62. The molecule has 0 saturated heterocycles. The number of hydrogen-bond donors (Lipinski definition) is 0. The Kier molecular flexibility index (Phi) is 3.92. The van der Waals surface area contributed by atoms with Crippen molar-refractivity contribution in [2.75, 3.05) is 6.26 Å². The Morgan fingerprint density at radius 2 is 1.88 bits per heavy atom. The largest absolute Gasteiger partial charge is 0.272 e. The minimum absolute atomic E-state index is 0.0110. The molecule has 0 bridgehead atoms. The highest BCUT2D eigenvalue weighted by molar-refractivity contribution is 7.98. The second-order valence-corrected chi connectivity index (χ2v) is 6.42. The lowest BCUT2D eigenvalue weighted by molar-refractivity contribution is -0.384.